The van der Waals surface area contributed by atoms with E-state index < -0.39 is 5.91 Å². The van der Waals surface area contributed by atoms with Crippen LogP contribution < -0.4 is 11.5 Å². The number of aromatic hydroxyl groups is 1. The number of nitrogens with two attached hydrogens (primary N) is 2. The van der Waals surface area contributed by atoms with E-state index in [2.05, 4.69) is 4.99 Å². The van der Waals surface area contributed by atoms with Gasteiger partial charge in [-0.15, -0.1) is 0 Å². The first-order valence-electron chi connectivity index (χ1n) is 6.33. The third kappa shape index (κ3) is 1.97. The van der Waals surface area contributed by atoms with Crippen molar-refractivity contribution >= 4 is 33.7 Å². The summed E-state index contributed by atoms with van der Waals surface area (Å²) in [5.41, 5.74) is 12.5. The fraction of sp³-hybridized carbons (Fsp3) is 0.0667. The topological polar surface area (TPSA) is 107 Å². The standard InChI is InChI=1S/C15H14N4O2/c1-19-10-3-2-4-12(20)13(10)9-6-5-8(7-11(9)19)14(21)18-15(16)17/h2-7,20H,1H3,(H4,16,17,18,21). The highest BCUT2D eigenvalue weighted by molar-refractivity contribution is 6.13. The summed E-state index contributed by atoms with van der Waals surface area (Å²) in [4.78, 5) is 15.4. The number of rotatable bonds is 1. The second-order valence-corrected chi connectivity index (χ2v) is 4.80. The lowest BCUT2D eigenvalue weighted by Crippen LogP contribution is -2.24. The number of aryl methyl sites for hydroxylation is 1. The molecule has 106 valence electrons. The van der Waals surface area contributed by atoms with Crippen molar-refractivity contribution in [3.8, 4) is 5.75 Å². The molecule has 21 heavy (non-hydrogen) atoms. The second kappa shape index (κ2) is 4.52. The molecule has 6 heteroatoms. The Labute approximate surface area is 120 Å². The predicted molar refractivity (Wildman–Crippen MR) is 82.2 cm³/mol. The molecule has 0 aliphatic rings. The van der Waals surface area contributed by atoms with E-state index in [-0.39, 0.29) is 11.7 Å². The molecule has 1 heterocycles. The number of amides is 1. The third-order valence-electron chi connectivity index (χ3n) is 3.49. The van der Waals surface area contributed by atoms with E-state index in [1.54, 1.807) is 30.3 Å². The SMILES string of the molecule is Cn1c2cc(C(=O)N=C(N)N)ccc2c2c(O)cccc21. The van der Waals surface area contributed by atoms with Gasteiger partial charge in [0.05, 0.1) is 5.52 Å². The summed E-state index contributed by atoms with van der Waals surface area (Å²) in [6.45, 7) is 0. The van der Waals surface area contributed by atoms with Gasteiger partial charge in [-0.3, -0.25) is 4.79 Å². The number of guanidine groups is 1. The van der Waals surface area contributed by atoms with Crippen molar-refractivity contribution < 1.29 is 9.90 Å². The van der Waals surface area contributed by atoms with Crippen molar-refractivity contribution in [2.75, 3.05) is 0 Å². The average molecular weight is 282 g/mol. The summed E-state index contributed by atoms with van der Waals surface area (Å²) < 4.78 is 1.91. The normalized spacial score (nSPS) is 10.9. The quantitative estimate of drug-likeness (QED) is 0.464. The van der Waals surface area contributed by atoms with Gasteiger partial charge >= 0.3 is 0 Å². The van der Waals surface area contributed by atoms with Crippen LogP contribution in [-0.4, -0.2) is 21.5 Å². The van der Waals surface area contributed by atoms with E-state index in [1.165, 1.54) is 0 Å². The van der Waals surface area contributed by atoms with E-state index in [4.69, 9.17) is 11.5 Å². The van der Waals surface area contributed by atoms with E-state index in [1.807, 2.05) is 17.7 Å². The number of hydrogen-bond donors (Lipinski definition) is 3. The van der Waals surface area contributed by atoms with Crippen molar-refractivity contribution in [2.45, 2.75) is 0 Å². The molecule has 3 rings (SSSR count). The molecule has 0 radical (unpaired) electrons. The molecule has 0 atom stereocenters. The van der Waals surface area contributed by atoms with E-state index >= 15 is 0 Å². The predicted octanol–water partition coefficient (Wildman–Crippen LogP) is 1.45. The van der Waals surface area contributed by atoms with Crippen LogP contribution in [0.4, 0.5) is 0 Å². The number of carbonyl (C=O) groups is 1. The molecule has 0 bridgehead atoms. The fourth-order valence-corrected chi connectivity index (χ4v) is 2.55. The molecule has 1 amide bonds. The molecular weight excluding hydrogens is 268 g/mol. The molecular formula is C15H14N4O2. The van der Waals surface area contributed by atoms with Gasteiger partial charge in [0.2, 0.25) is 0 Å². The zero-order valence-corrected chi connectivity index (χ0v) is 11.4. The number of hydrogen-bond acceptors (Lipinski definition) is 2. The molecule has 0 spiro atoms. The van der Waals surface area contributed by atoms with Gasteiger partial charge in [0.25, 0.3) is 5.91 Å². The number of phenolic OH excluding ortho intramolecular Hbond substituents is 1. The summed E-state index contributed by atoms with van der Waals surface area (Å²) in [6, 6.07) is 10.5. The average Bonchev–Trinajstić information content (AvgIpc) is 2.72. The number of carbonyl (C=O) groups excluding carboxylic acids is 1. The summed E-state index contributed by atoms with van der Waals surface area (Å²) in [5, 5.41) is 11.7. The first-order chi connectivity index (χ1) is 9.99. The van der Waals surface area contributed by atoms with Gasteiger partial charge in [0.1, 0.15) is 5.75 Å². The summed E-state index contributed by atoms with van der Waals surface area (Å²) in [6.07, 6.45) is 0. The molecule has 0 aliphatic heterocycles. The van der Waals surface area contributed by atoms with Crippen molar-refractivity contribution in [3.05, 3.63) is 42.0 Å². The molecule has 3 aromatic rings. The van der Waals surface area contributed by atoms with Crippen LogP contribution >= 0.6 is 0 Å². The molecule has 0 saturated heterocycles. The zero-order chi connectivity index (χ0) is 15.1. The van der Waals surface area contributed by atoms with Crippen LogP contribution in [0.3, 0.4) is 0 Å². The molecule has 1 aromatic heterocycles. The first-order valence-corrected chi connectivity index (χ1v) is 6.33. The lowest BCUT2D eigenvalue weighted by molar-refractivity contribution is 0.100. The summed E-state index contributed by atoms with van der Waals surface area (Å²) in [5.74, 6) is -0.553. The Balaban J connectivity index is 2.31. The molecule has 6 nitrogen and oxygen atoms in total. The highest BCUT2D eigenvalue weighted by atomic mass is 16.3. The highest BCUT2D eigenvalue weighted by Crippen LogP contribution is 2.34. The Hall–Kier alpha value is -3.02. The molecule has 2 aromatic carbocycles. The van der Waals surface area contributed by atoms with E-state index in [0.29, 0.717) is 5.56 Å². The number of aliphatic imine (C=N–C) groups is 1. The van der Waals surface area contributed by atoms with Crippen molar-refractivity contribution in [2.24, 2.45) is 23.5 Å². The Morgan fingerprint density at radius 1 is 1.19 bits per heavy atom. The Morgan fingerprint density at radius 2 is 1.95 bits per heavy atom. The highest BCUT2D eigenvalue weighted by Gasteiger charge is 2.13. The third-order valence-corrected chi connectivity index (χ3v) is 3.49. The maximum atomic E-state index is 11.9. The molecule has 0 fully saturated rings. The van der Waals surface area contributed by atoms with Crippen LogP contribution in [0.15, 0.2) is 41.4 Å². The van der Waals surface area contributed by atoms with Gasteiger partial charge in [-0.1, -0.05) is 12.1 Å². The molecule has 0 aliphatic carbocycles. The van der Waals surface area contributed by atoms with E-state index in [0.717, 1.165) is 21.8 Å². The summed E-state index contributed by atoms with van der Waals surface area (Å²) >= 11 is 0. The minimum atomic E-state index is -0.494. The maximum Gasteiger partial charge on any atom is 0.280 e. The lowest BCUT2D eigenvalue weighted by Gasteiger charge is -2.00. The number of phenols is 1. The Kier molecular flexibility index (Phi) is 2.79. The van der Waals surface area contributed by atoms with E-state index in [9.17, 15) is 9.90 Å². The largest absolute Gasteiger partial charge is 0.507 e. The lowest BCUT2D eigenvalue weighted by atomic mass is 10.1. The number of benzene rings is 2. The van der Waals surface area contributed by atoms with Crippen molar-refractivity contribution in [1.82, 2.24) is 4.57 Å². The van der Waals surface area contributed by atoms with Gasteiger partial charge in [-0.2, -0.15) is 4.99 Å². The minimum absolute atomic E-state index is 0.210. The first kappa shape index (κ1) is 13.0. The number of aromatic nitrogens is 1. The van der Waals surface area contributed by atoms with Crippen LogP contribution in [0, 0.1) is 0 Å². The summed E-state index contributed by atoms with van der Waals surface area (Å²) in [7, 11) is 1.87. The Morgan fingerprint density at radius 3 is 2.67 bits per heavy atom. The van der Waals surface area contributed by atoms with Gasteiger partial charge in [0, 0.05) is 28.9 Å². The molecule has 0 unspecified atom stereocenters. The van der Waals surface area contributed by atoms with Crippen LogP contribution in [-0.2, 0) is 7.05 Å². The second-order valence-electron chi connectivity index (χ2n) is 4.80. The number of nitrogens with zero attached hydrogens (tertiary/aromatic N) is 2. The van der Waals surface area contributed by atoms with Gasteiger partial charge in [-0.05, 0) is 24.3 Å². The van der Waals surface area contributed by atoms with Crippen molar-refractivity contribution in [3.63, 3.8) is 0 Å². The van der Waals surface area contributed by atoms with Gasteiger partial charge < -0.3 is 21.1 Å². The monoisotopic (exact) mass is 282 g/mol. The van der Waals surface area contributed by atoms with Gasteiger partial charge in [0.15, 0.2) is 5.96 Å². The van der Waals surface area contributed by atoms with Crippen LogP contribution in [0.25, 0.3) is 21.8 Å². The van der Waals surface area contributed by atoms with Crippen LogP contribution in [0.1, 0.15) is 10.4 Å². The van der Waals surface area contributed by atoms with Crippen LogP contribution in [0.2, 0.25) is 0 Å². The minimum Gasteiger partial charge on any atom is -0.507 e. The zero-order valence-electron chi connectivity index (χ0n) is 11.4. The van der Waals surface area contributed by atoms with Gasteiger partial charge in [-0.25, -0.2) is 0 Å². The molecule has 0 saturated carbocycles. The van der Waals surface area contributed by atoms with Crippen LogP contribution in [0.5, 0.6) is 5.75 Å². The fourth-order valence-electron chi connectivity index (χ4n) is 2.55. The number of fused-ring (bicyclic) bond motifs is 3. The maximum absolute atomic E-state index is 11.9. The Bertz CT molecular complexity index is 905. The molecule has 5 N–H and O–H groups in total. The van der Waals surface area contributed by atoms with Crippen molar-refractivity contribution in [1.29, 1.82) is 0 Å². The smallest absolute Gasteiger partial charge is 0.280 e.